The van der Waals surface area contributed by atoms with Gasteiger partial charge in [0.05, 0.1) is 10.9 Å². The highest BCUT2D eigenvalue weighted by Gasteiger charge is 2.09. The summed E-state index contributed by atoms with van der Waals surface area (Å²) in [6.07, 6.45) is 0. The second-order valence-corrected chi connectivity index (χ2v) is 3.97. The molecule has 0 N–H and O–H groups in total. The van der Waals surface area contributed by atoms with E-state index in [1.807, 2.05) is 6.07 Å². The molecule has 88 valence electrons. The molecule has 18 heavy (non-hydrogen) atoms. The van der Waals surface area contributed by atoms with E-state index < -0.39 is 11.4 Å². The van der Waals surface area contributed by atoms with Crippen LogP contribution in [0.1, 0.15) is 0 Å². The highest BCUT2D eigenvalue weighted by molar-refractivity contribution is 5.84. The van der Waals surface area contributed by atoms with Crippen LogP contribution in [0.25, 0.3) is 22.1 Å². The molecule has 3 aromatic rings. The van der Waals surface area contributed by atoms with Crippen LogP contribution >= 0.6 is 0 Å². The second-order valence-electron chi connectivity index (χ2n) is 3.97. The van der Waals surface area contributed by atoms with Crippen molar-refractivity contribution in [1.82, 2.24) is 0 Å². The van der Waals surface area contributed by atoms with Gasteiger partial charge in [-0.1, -0.05) is 30.3 Å². The van der Waals surface area contributed by atoms with Gasteiger partial charge in [-0.05, 0) is 29.7 Å². The molecule has 0 bridgehead atoms. The summed E-state index contributed by atoms with van der Waals surface area (Å²) in [6.45, 7) is 0. The number of rotatable bonds is 1. The summed E-state index contributed by atoms with van der Waals surface area (Å²) in [4.78, 5) is 11.8. The lowest BCUT2D eigenvalue weighted by Gasteiger charge is -2.03. The van der Waals surface area contributed by atoms with Gasteiger partial charge in [0.2, 0.25) is 0 Å². The van der Waals surface area contributed by atoms with Gasteiger partial charge >= 0.3 is 5.63 Å². The van der Waals surface area contributed by atoms with Crippen molar-refractivity contribution in [2.24, 2.45) is 0 Å². The Bertz CT molecular complexity index is 775. The molecule has 3 heteroatoms. The van der Waals surface area contributed by atoms with Crippen LogP contribution in [-0.4, -0.2) is 0 Å². The van der Waals surface area contributed by atoms with Crippen LogP contribution in [-0.2, 0) is 0 Å². The summed E-state index contributed by atoms with van der Waals surface area (Å²) in [5, 5.41) is 1.24. The number of hydrogen-bond acceptors (Lipinski definition) is 2. The minimum absolute atomic E-state index is 0.247. The highest BCUT2D eigenvalue weighted by atomic mass is 19.1. The van der Waals surface area contributed by atoms with Crippen molar-refractivity contribution < 1.29 is 8.81 Å². The molecule has 0 unspecified atom stereocenters. The molecule has 3 rings (SSSR count). The van der Waals surface area contributed by atoms with E-state index in [9.17, 15) is 9.18 Å². The number of hydrogen-bond donors (Lipinski definition) is 0. The molecule has 0 saturated carbocycles. The van der Waals surface area contributed by atoms with Crippen LogP contribution in [0, 0.1) is 5.82 Å². The van der Waals surface area contributed by atoms with Crippen LogP contribution in [0.5, 0.6) is 0 Å². The van der Waals surface area contributed by atoms with Gasteiger partial charge < -0.3 is 4.42 Å². The van der Waals surface area contributed by atoms with Crippen molar-refractivity contribution in [3.63, 3.8) is 0 Å². The normalized spacial score (nSPS) is 10.7. The predicted molar refractivity (Wildman–Crippen MR) is 67.9 cm³/mol. The summed E-state index contributed by atoms with van der Waals surface area (Å²) in [7, 11) is 0. The number of halogens is 1. The largest absolute Gasteiger partial charge is 0.422 e. The zero-order valence-corrected chi connectivity index (χ0v) is 9.39. The highest BCUT2D eigenvalue weighted by Crippen LogP contribution is 2.24. The predicted octanol–water partition coefficient (Wildman–Crippen LogP) is 3.60. The van der Waals surface area contributed by atoms with E-state index in [0.717, 1.165) is 5.39 Å². The first-order valence-corrected chi connectivity index (χ1v) is 5.53. The maximum atomic E-state index is 13.6. The van der Waals surface area contributed by atoms with Crippen molar-refractivity contribution in [3.8, 4) is 11.3 Å². The minimum atomic E-state index is -0.452. The molecule has 0 aliphatic heterocycles. The Balaban J connectivity index is 2.32. The third-order valence-corrected chi connectivity index (χ3v) is 2.81. The minimum Gasteiger partial charge on any atom is -0.422 e. The van der Waals surface area contributed by atoms with Gasteiger partial charge in [-0.25, -0.2) is 9.18 Å². The van der Waals surface area contributed by atoms with Crippen LogP contribution in [0.15, 0.2) is 63.8 Å². The quantitative estimate of drug-likeness (QED) is 0.650. The van der Waals surface area contributed by atoms with Gasteiger partial charge in [0.1, 0.15) is 11.6 Å². The van der Waals surface area contributed by atoms with E-state index in [1.54, 1.807) is 42.5 Å². The molecule has 0 amide bonds. The first-order valence-electron chi connectivity index (χ1n) is 5.53. The molecule has 2 nitrogen and oxygen atoms in total. The lowest BCUT2D eigenvalue weighted by atomic mass is 10.1. The molecular formula is C15H9FO2. The fourth-order valence-electron chi connectivity index (χ4n) is 1.93. The Morgan fingerprint density at radius 1 is 0.944 bits per heavy atom. The van der Waals surface area contributed by atoms with Crippen LogP contribution in [0.2, 0.25) is 0 Å². The lowest BCUT2D eigenvalue weighted by molar-refractivity contribution is 0.527. The summed E-state index contributed by atoms with van der Waals surface area (Å²) < 4.78 is 18.8. The van der Waals surface area contributed by atoms with Gasteiger partial charge in [0, 0.05) is 0 Å². The van der Waals surface area contributed by atoms with Gasteiger partial charge in [-0.15, -0.1) is 0 Å². The van der Waals surface area contributed by atoms with Crippen molar-refractivity contribution in [3.05, 3.63) is 70.8 Å². The molecule has 1 heterocycles. The Kier molecular flexibility index (Phi) is 2.45. The maximum Gasteiger partial charge on any atom is 0.344 e. The molecular weight excluding hydrogens is 231 g/mol. The van der Waals surface area contributed by atoms with E-state index >= 15 is 0 Å². The first-order chi connectivity index (χ1) is 8.75. The van der Waals surface area contributed by atoms with Crippen LogP contribution in [0.4, 0.5) is 4.39 Å². The monoisotopic (exact) mass is 240 g/mol. The molecule has 2 aromatic carbocycles. The van der Waals surface area contributed by atoms with Gasteiger partial charge in [-0.2, -0.15) is 0 Å². The van der Waals surface area contributed by atoms with Gasteiger partial charge in [0.15, 0.2) is 0 Å². The summed E-state index contributed by atoms with van der Waals surface area (Å²) in [5.74, 6) is -0.160. The smallest absolute Gasteiger partial charge is 0.344 e. The van der Waals surface area contributed by atoms with E-state index in [0.29, 0.717) is 10.9 Å². The molecule has 1 aromatic heterocycles. The lowest BCUT2D eigenvalue weighted by Crippen LogP contribution is -2.00. The SMILES string of the molecule is O=c1oc(-c2ccccc2F)cc2ccccc12. The van der Waals surface area contributed by atoms with E-state index in [-0.39, 0.29) is 5.76 Å². The van der Waals surface area contributed by atoms with Crippen molar-refractivity contribution in [1.29, 1.82) is 0 Å². The van der Waals surface area contributed by atoms with Crippen molar-refractivity contribution >= 4 is 10.8 Å². The van der Waals surface area contributed by atoms with E-state index in [1.165, 1.54) is 6.07 Å². The summed E-state index contributed by atoms with van der Waals surface area (Å²) >= 11 is 0. The summed E-state index contributed by atoms with van der Waals surface area (Å²) in [5.41, 5.74) is -0.160. The third kappa shape index (κ3) is 1.70. The Morgan fingerprint density at radius 2 is 1.67 bits per heavy atom. The van der Waals surface area contributed by atoms with Gasteiger partial charge in [-0.3, -0.25) is 0 Å². The third-order valence-electron chi connectivity index (χ3n) is 2.81. The van der Waals surface area contributed by atoms with Crippen LogP contribution in [0.3, 0.4) is 0 Å². The second kappa shape index (κ2) is 4.11. The average molecular weight is 240 g/mol. The molecule has 0 fully saturated rings. The van der Waals surface area contributed by atoms with Crippen molar-refractivity contribution in [2.45, 2.75) is 0 Å². The molecule has 0 aliphatic carbocycles. The Morgan fingerprint density at radius 3 is 2.50 bits per heavy atom. The summed E-state index contributed by atoms with van der Waals surface area (Å²) in [6, 6.07) is 15.0. The molecule has 0 radical (unpaired) electrons. The van der Waals surface area contributed by atoms with E-state index in [2.05, 4.69) is 0 Å². The number of fused-ring (bicyclic) bond motifs is 1. The fraction of sp³-hybridized carbons (Fsp3) is 0. The van der Waals surface area contributed by atoms with E-state index in [4.69, 9.17) is 4.42 Å². The molecule has 0 spiro atoms. The number of benzene rings is 2. The Labute approximate surface area is 102 Å². The van der Waals surface area contributed by atoms with Crippen molar-refractivity contribution in [2.75, 3.05) is 0 Å². The zero-order valence-electron chi connectivity index (χ0n) is 9.39. The standard InChI is InChI=1S/C15H9FO2/c16-13-8-4-3-7-12(13)14-9-10-5-1-2-6-11(10)15(17)18-14/h1-9H. The van der Waals surface area contributed by atoms with Gasteiger partial charge in [0.25, 0.3) is 0 Å². The molecule has 0 saturated heterocycles. The van der Waals surface area contributed by atoms with Crippen LogP contribution < -0.4 is 5.63 Å². The molecule has 0 atom stereocenters. The Hall–Kier alpha value is -2.42. The first kappa shape index (κ1) is 10.7. The maximum absolute atomic E-state index is 13.6. The zero-order chi connectivity index (χ0) is 12.5. The average Bonchev–Trinajstić information content (AvgIpc) is 2.39. The molecule has 0 aliphatic rings. The fourth-order valence-corrected chi connectivity index (χ4v) is 1.93. The topological polar surface area (TPSA) is 30.2 Å².